The number of nitrogens with zero attached hydrogens (tertiary/aromatic N) is 4. The Balaban J connectivity index is 1.91. The van der Waals surface area contributed by atoms with E-state index in [1.807, 2.05) is 4.90 Å². The third-order valence-electron chi connectivity index (χ3n) is 4.09. The minimum absolute atomic E-state index is 0.214. The summed E-state index contributed by atoms with van der Waals surface area (Å²) in [6, 6.07) is 0. The molecule has 0 aliphatic carbocycles. The average Bonchev–Trinajstić information content (AvgIpc) is 2.85. The highest BCUT2D eigenvalue weighted by atomic mass is 19.3. The van der Waals surface area contributed by atoms with E-state index < -0.39 is 6.61 Å². The molecule has 7 heteroatoms. The molecule has 0 spiro atoms. The zero-order valence-corrected chi connectivity index (χ0v) is 13.0. The summed E-state index contributed by atoms with van der Waals surface area (Å²) in [6.45, 7) is 4.58. The smallest absolute Gasteiger partial charge is 0.333 e. The van der Waals surface area contributed by atoms with E-state index in [9.17, 15) is 8.78 Å². The number of aliphatic imine (C=N–C) groups is 1. The molecule has 0 N–H and O–H groups in total. The molecule has 0 aromatic carbocycles. The van der Waals surface area contributed by atoms with E-state index in [0.29, 0.717) is 0 Å². The monoisotopic (exact) mass is 310 g/mol. The average molecular weight is 310 g/mol. The molecule has 3 rings (SSSR count). The zero-order chi connectivity index (χ0) is 15.9. The van der Waals surface area contributed by atoms with Gasteiger partial charge in [0.1, 0.15) is 12.5 Å². The van der Waals surface area contributed by atoms with E-state index in [-0.39, 0.29) is 12.6 Å². The Morgan fingerprint density at radius 1 is 1.41 bits per heavy atom. The minimum atomic E-state index is -2.83. The third-order valence-corrected chi connectivity index (χ3v) is 4.09. The van der Waals surface area contributed by atoms with Crippen molar-refractivity contribution >= 4 is 6.21 Å². The highest BCUT2D eigenvalue weighted by Gasteiger charge is 2.36. The van der Waals surface area contributed by atoms with Crippen LogP contribution in [0, 0.1) is 5.92 Å². The van der Waals surface area contributed by atoms with E-state index in [0.717, 1.165) is 35.2 Å². The summed E-state index contributed by atoms with van der Waals surface area (Å²) < 4.78 is 24.9. The molecule has 22 heavy (non-hydrogen) atoms. The van der Waals surface area contributed by atoms with Gasteiger partial charge in [-0.15, -0.1) is 0 Å². The fraction of sp³-hybridized carbons (Fsp3) is 0.533. The standard InChI is InChI=1S/C15H20F2N4O/c1-4-5-19-7-10(2)11(3)13-14(19)21-9-20(22-15(16)17)8-12(21)6-18-13/h6-8,11,15H,4-5,9H2,1-3H3. The van der Waals surface area contributed by atoms with Gasteiger partial charge in [0.2, 0.25) is 0 Å². The van der Waals surface area contributed by atoms with Gasteiger partial charge >= 0.3 is 6.61 Å². The zero-order valence-electron chi connectivity index (χ0n) is 13.0. The van der Waals surface area contributed by atoms with E-state index in [2.05, 4.69) is 41.7 Å². The van der Waals surface area contributed by atoms with Crippen LogP contribution < -0.4 is 0 Å². The number of hydrogen-bond acceptors (Lipinski definition) is 5. The molecule has 0 saturated heterocycles. The van der Waals surface area contributed by atoms with Gasteiger partial charge in [-0.3, -0.25) is 4.99 Å². The van der Waals surface area contributed by atoms with Gasteiger partial charge in [-0.05, 0) is 18.9 Å². The third kappa shape index (κ3) is 2.49. The van der Waals surface area contributed by atoms with Crippen LogP contribution in [0.1, 0.15) is 27.2 Å². The first-order valence-electron chi connectivity index (χ1n) is 7.45. The van der Waals surface area contributed by atoms with Crippen molar-refractivity contribution in [3.05, 3.63) is 35.2 Å². The summed E-state index contributed by atoms with van der Waals surface area (Å²) in [6.07, 6.45) is 6.39. The summed E-state index contributed by atoms with van der Waals surface area (Å²) in [5.74, 6) is 1.18. The molecule has 120 valence electrons. The van der Waals surface area contributed by atoms with Crippen LogP contribution in [0.2, 0.25) is 0 Å². The van der Waals surface area contributed by atoms with Gasteiger partial charge in [0.15, 0.2) is 0 Å². The highest BCUT2D eigenvalue weighted by molar-refractivity contribution is 5.81. The molecular formula is C15H20F2N4O. The first-order chi connectivity index (χ1) is 10.5. The summed E-state index contributed by atoms with van der Waals surface area (Å²) in [7, 11) is 0. The summed E-state index contributed by atoms with van der Waals surface area (Å²) in [4.78, 5) is 13.2. The molecule has 3 aliphatic heterocycles. The van der Waals surface area contributed by atoms with Gasteiger partial charge in [0.25, 0.3) is 0 Å². The van der Waals surface area contributed by atoms with Crippen molar-refractivity contribution in [1.82, 2.24) is 14.9 Å². The molecule has 0 aromatic rings. The van der Waals surface area contributed by atoms with Crippen molar-refractivity contribution < 1.29 is 13.6 Å². The molecular weight excluding hydrogens is 290 g/mol. The number of fused-ring (bicyclic) bond motifs is 2. The number of allylic oxidation sites excluding steroid dienone is 2. The lowest BCUT2D eigenvalue weighted by molar-refractivity contribution is -0.263. The normalized spacial score (nSPS) is 23.9. The summed E-state index contributed by atoms with van der Waals surface area (Å²) >= 11 is 0. The van der Waals surface area contributed by atoms with Crippen molar-refractivity contribution in [3.8, 4) is 0 Å². The minimum Gasteiger partial charge on any atom is -0.333 e. The maximum Gasteiger partial charge on any atom is 0.365 e. The van der Waals surface area contributed by atoms with E-state index in [4.69, 9.17) is 0 Å². The molecule has 0 amide bonds. The molecule has 0 radical (unpaired) electrons. The lowest BCUT2D eigenvalue weighted by Crippen LogP contribution is -2.40. The molecule has 0 aromatic heterocycles. The van der Waals surface area contributed by atoms with Crippen LogP contribution in [0.5, 0.6) is 0 Å². The molecule has 3 aliphatic rings. The number of hydrogen-bond donors (Lipinski definition) is 0. The number of alkyl halides is 2. The Morgan fingerprint density at radius 2 is 2.18 bits per heavy atom. The molecule has 3 heterocycles. The van der Waals surface area contributed by atoms with Crippen molar-refractivity contribution in [3.63, 3.8) is 0 Å². The van der Waals surface area contributed by atoms with Gasteiger partial charge in [0.05, 0.1) is 23.8 Å². The number of rotatable bonds is 4. The number of halogens is 2. The lowest BCUT2D eigenvalue weighted by atomic mass is 9.95. The Morgan fingerprint density at radius 3 is 2.86 bits per heavy atom. The van der Waals surface area contributed by atoms with E-state index >= 15 is 0 Å². The van der Waals surface area contributed by atoms with E-state index in [1.165, 1.54) is 5.57 Å². The van der Waals surface area contributed by atoms with Crippen LogP contribution in [0.4, 0.5) is 8.78 Å². The van der Waals surface area contributed by atoms with Crippen molar-refractivity contribution in [2.24, 2.45) is 10.9 Å². The van der Waals surface area contributed by atoms with Gasteiger partial charge in [0, 0.05) is 18.7 Å². The Hall–Kier alpha value is -1.89. The Bertz CT molecular complexity index is 582. The van der Waals surface area contributed by atoms with Crippen LogP contribution in [0.25, 0.3) is 0 Å². The first kappa shape index (κ1) is 15.0. The molecule has 1 atom stereocenters. The van der Waals surface area contributed by atoms with Crippen molar-refractivity contribution in [2.75, 3.05) is 13.2 Å². The Labute approximate surface area is 128 Å². The Kier molecular flexibility index (Phi) is 3.90. The van der Waals surface area contributed by atoms with Crippen LogP contribution in [-0.2, 0) is 4.84 Å². The largest absolute Gasteiger partial charge is 0.365 e. The van der Waals surface area contributed by atoms with Crippen LogP contribution >= 0.6 is 0 Å². The lowest BCUT2D eigenvalue weighted by Gasteiger charge is -2.40. The molecule has 0 bridgehead atoms. The molecule has 5 nitrogen and oxygen atoms in total. The maximum atomic E-state index is 12.4. The second-order valence-electron chi connectivity index (χ2n) is 5.66. The molecule has 1 unspecified atom stereocenters. The van der Waals surface area contributed by atoms with Crippen molar-refractivity contribution in [2.45, 2.75) is 33.8 Å². The fourth-order valence-corrected chi connectivity index (χ4v) is 2.92. The quantitative estimate of drug-likeness (QED) is 0.798. The first-order valence-corrected chi connectivity index (χ1v) is 7.45. The topological polar surface area (TPSA) is 31.3 Å². The van der Waals surface area contributed by atoms with Gasteiger partial charge in [-0.1, -0.05) is 13.8 Å². The number of hydroxylamine groups is 2. The fourth-order valence-electron chi connectivity index (χ4n) is 2.92. The van der Waals surface area contributed by atoms with Gasteiger partial charge in [-0.2, -0.15) is 8.78 Å². The van der Waals surface area contributed by atoms with Gasteiger partial charge < -0.3 is 9.80 Å². The molecule has 0 saturated carbocycles. The van der Waals surface area contributed by atoms with Crippen LogP contribution in [0.3, 0.4) is 0 Å². The summed E-state index contributed by atoms with van der Waals surface area (Å²) in [5.41, 5.74) is 2.99. The SMILES string of the molecule is CCCN1C=C(C)C(C)C2=C1N1CN(OC(F)F)C=C1C=N2. The highest BCUT2D eigenvalue weighted by Crippen LogP contribution is 2.38. The van der Waals surface area contributed by atoms with Gasteiger partial charge in [-0.25, -0.2) is 9.90 Å². The second kappa shape index (κ2) is 5.72. The predicted octanol–water partition coefficient (Wildman–Crippen LogP) is 3.08. The van der Waals surface area contributed by atoms with Crippen LogP contribution in [0.15, 0.2) is 40.2 Å². The molecule has 0 fully saturated rings. The maximum absolute atomic E-state index is 12.4. The van der Waals surface area contributed by atoms with Crippen LogP contribution in [-0.4, -0.2) is 40.9 Å². The predicted molar refractivity (Wildman–Crippen MR) is 79.2 cm³/mol. The summed E-state index contributed by atoms with van der Waals surface area (Å²) in [5, 5.41) is 1.15. The van der Waals surface area contributed by atoms with E-state index in [1.54, 1.807) is 12.4 Å². The second-order valence-corrected chi connectivity index (χ2v) is 5.66. The van der Waals surface area contributed by atoms with Crippen molar-refractivity contribution in [1.29, 1.82) is 0 Å².